The highest BCUT2D eigenvalue weighted by Gasteiger charge is 2.15. The van der Waals surface area contributed by atoms with Crippen molar-refractivity contribution in [1.29, 1.82) is 5.26 Å². The first-order chi connectivity index (χ1) is 10.3. The molecule has 1 aromatic heterocycles. The van der Waals surface area contributed by atoms with Crippen LogP contribution in [0.1, 0.15) is 43.5 Å². The number of aromatic nitrogens is 2. The first-order valence-corrected chi connectivity index (χ1v) is 8.35. The van der Waals surface area contributed by atoms with Gasteiger partial charge in [-0.2, -0.15) is 22.0 Å². The Kier molecular flexibility index (Phi) is 4.56. The van der Waals surface area contributed by atoms with E-state index in [1.165, 1.54) is 32.1 Å². The maximum Gasteiger partial charge on any atom is 0.257 e. The second-order valence-corrected chi connectivity index (χ2v) is 6.56. The number of hydrogen-bond acceptors (Lipinski definition) is 5. The molecule has 1 fully saturated rings. The first-order valence-electron chi connectivity index (χ1n) is 7.30. The van der Waals surface area contributed by atoms with E-state index in [0.717, 1.165) is 22.4 Å². The number of hydrogen-bond donors (Lipinski definition) is 0. The lowest BCUT2D eigenvalue weighted by molar-refractivity contribution is 0.425. The fraction of sp³-hybridized carbons (Fsp3) is 0.438. The highest BCUT2D eigenvalue weighted by molar-refractivity contribution is 7.99. The Labute approximate surface area is 128 Å². The smallest absolute Gasteiger partial charge is 0.257 e. The molecule has 21 heavy (non-hydrogen) atoms. The Balaban J connectivity index is 1.61. The summed E-state index contributed by atoms with van der Waals surface area (Å²) < 4.78 is 5.31. The molecule has 1 aliphatic carbocycles. The van der Waals surface area contributed by atoms with Crippen LogP contribution in [0.15, 0.2) is 28.8 Å². The lowest BCUT2D eigenvalue weighted by Crippen LogP contribution is -2.08. The summed E-state index contributed by atoms with van der Waals surface area (Å²) in [6.07, 6.45) is 6.69. The third-order valence-electron chi connectivity index (χ3n) is 3.73. The Morgan fingerprint density at radius 3 is 2.67 bits per heavy atom. The molecule has 0 unspecified atom stereocenters. The van der Waals surface area contributed by atoms with Crippen LogP contribution in [0.5, 0.6) is 0 Å². The highest BCUT2D eigenvalue weighted by atomic mass is 32.2. The minimum absolute atomic E-state index is 0.527. The second kappa shape index (κ2) is 6.77. The Bertz CT molecular complexity index is 624. The van der Waals surface area contributed by atoms with Crippen molar-refractivity contribution < 1.29 is 4.52 Å². The van der Waals surface area contributed by atoms with Crippen LogP contribution in [-0.4, -0.2) is 15.4 Å². The fourth-order valence-electron chi connectivity index (χ4n) is 2.54. The summed E-state index contributed by atoms with van der Waals surface area (Å²) >= 11 is 1.94. The predicted molar refractivity (Wildman–Crippen MR) is 82.6 cm³/mol. The fourth-order valence-corrected chi connectivity index (χ4v) is 3.71. The molecule has 0 amide bonds. The summed E-state index contributed by atoms with van der Waals surface area (Å²) in [5.41, 5.74) is 1.49. The molecule has 0 radical (unpaired) electrons. The Morgan fingerprint density at radius 2 is 1.95 bits per heavy atom. The number of nitriles is 1. The maximum absolute atomic E-state index is 8.79. The second-order valence-electron chi connectivity index (χ2n) is 5.28. The van der Waals surface area contributed by atoms with Crippen molar-refractivity contribution in [2.45, 2.75) is 43.1 Å². The van der Waals surface area contributed by atoms with Crippen LogP contribution in [0, 0.1) is 11.3 Å². The lowest BCUT2D eigenvalue weighted by atomic mass is 10.0. The van der Waals surface area contributed by atoms with Gasteiger partial charge in [0.15, 0.2) is 5.82 Å². The molecule has 3 rings (SSSR count). The average molecular weight is 299 g/mol. The van der Waals surface area contributed by atoms with Crippen molar-refractivity contribution in [3.63, 3.8) is 0 Å². The van der Waals surface area contributed by atoms with Gasteiger partial charge in [-0.3, -0.25) is 0 Å². The van der Waals surface area contributed by atoms with E-state index in [4.69, 9.17) is 9.78 Å². The van der Waals surface area contributed by atoms with Crippen LogP contribution in [-0.2, 0) is 5.75 Å². The maximum atomic E-state index is 8.79. The SMILES string of the molecule is N#Cc1ccc(-c2nc(CSC3CCCCC3)no2)cc1. The van der Waals surface area contributed by atoms with Gasteiger partial charge >= 0.3 is 0 Å². The van der Waals surface area contributed by atoms with Crippen LogP contribution >= 0.6 is 11.8 Å². The topological polar surface area (TPSA) is 62.7 Å². The molecular weight excluding hydrogens is 282 g/mol. The molecule has 0 N–H and O–H groups in total. The molecule has 1 aliphatic rings. The van der Waals surface area contributed by atoms with Crippen LogP contribution in [0.4, 0.5) is 0 Å². The summed E-state index contributed by atoms with van der Waals surface area (Å²) in [7, 11) is 0. The van der Waals surface area contributed by atoms with Gasteiger partial charge in [0, 0.05) is 10.8 Å². The summed E-state index contributed by atoms with van der Waals surface area (Å²) in [6.45, 7) is 0. The highest BCUT2D eigenvalue weighted by Crippen LogP contribution is 2.30. The molecular formula is C16H17N3OS. The van der Waals surface area contributed by atoms with E-state index in [0.29, 0.717) is 11.5 Å². The Morgan fingerprint density at radius 1 is 1.19 bits per heavy atom. The van der Waals surface area contributed by atoms with Gasteiger partial charge in [-0.15, -0.1) is 0 Å². The van der Waals surface area contributed by atoms with Crippen molar-refractivity contribution in [1.82, 2.24) is 10.1 Å². The summed E-state index contributed by atoms with van der Waals surface area (Å²) in [6, 6.07) is 9.29. The predicted octanol–water partition coefficient (Wildman–Crippen LogP) is 4.17. The zero-order chi connectivity index (χ0) is 14.5. The third kappa shape index (κ3) is 3.64. The molecule has 0 saturated heterocycles. The number of rotatable bonds is 4. The lowest BCUT2D eigenvalue weighted by Gasteiger charge is -2.19. The zero-order valence-corrected chi connectivity index (χ0v) is 12.6. The van der Waals surface area contributed by atoms with E-state index in [2.05, 4.69) is 16.2 Å². The van der Waals surface area contributed by atoms with Gasteiger partial charge < -0.3 is 4.52 Å². The van der Waals surface area contributed by atoms with E-state index >= 15 is 0 Å². The van der Waals surface area contributed by atoms with E-state index in [1.807, 2.05) is 23.9 Å². The van der Waals surface area contributed by atoms with Crippen molar-refractivity contribution in [3.8, 4) is 17.5 Å². The minimum Gasteiger partial charge on any atom is -0.334 e. The van der Waals surface area contributed by atoms with Gasteiger partial charge in [-0.1, -0.05) is 24.4 Å². The summed E-state index contributed by atoms with van der Waals surface area (Å²) in [5.74, 6) is 2.09. The molecule has 5 heteroatoms. The molecule has 0 aliphatic heterocycles. The molecule has 1 heterocycles. The van der Waals surface area contributed by atoms with Crippen LogP contribution < -0.4 is 0 Å². The molecule has 2 aromatic rings. The average Bonchev–Trinajstić information content (AvgIpc) is 3.03. The van der Waals surface area contributed by atoms with Crippen LogP contribution in [0.3, 0.4) is 0 Å². The minimum atomic E-state index is 0.527. The summed E-state index contributed by atoms with van der Waals surface area (Å²) in [5, 5.41) is 13.6. The van der Waals surface area contributed by atoms with Crippen molar-refractivity contribution in [2.24, 2.45) is 0 Å². The largest absolute Gasteiger partial charge is 0.334 e. The summed E-state index contributed by atoms with van der Waals surface area (Å²) in [4.78, 5) is 4.44. The monoisotopic (exact) mass is 299 g/mol. The number of benzene rings is 1. The first kappa shape index (κ1) is 14.2. The molecule has 0 spiro atoms. The van der Waals surface area contributed by atoms with E-state index in [9.17, 15) is 0 Å². The van der Waals surface area contributed by atoms with Crippen LogP contribution in [0.25, 0.3) is 11.5 Å². The van der Waals surface area contributed by atoms with Crippen molar-refractivity contribution in [3.05, 3.63) is 35.7 Å². The zero-order valence-electron chi connectivity index (χ0n) is 11.8. The van der Waals surface area contributed by atoms with Gasteiger partial charge in [-0.05, 0) is 37.1 Å². The van der Waals surface area contributed by atoms with Gasteiger partial charge in [0.25, 0.3) is 5.89 Å². The van der Waals surface area contributed by atoms with Crippen molar-refractivity contribution in [2.75, 3.05) is 0 Å². The van der Waals surface area contributed by atoms with Gasteiger partial charge in [0.05, 0.1) is 17.4 Å². The molecule has 0 atom stereocenters. The van der Waals surface area contributed by atoms with Gasteiger partial charge in [0.2, 0.25) is 0 Å². The van der Waals surface area contributed by atoms with Gasteiger partial charge in [0.1, 0.15) is 0 Å². The Hall–Kier alpha value is -1.80. The molecule has 1 aromatic carbocycles. The van der Waals surface area contributed by atoms with Gasteiger partial charge in [-0.25, -0.2) is 0 Å². The van der Waals surface area contributed by atoms with Crippen LogP contribution in [0.2, 0.25) is 0 Å². The van der Waals surface area contributed by atoms with Crippen molar-refractivity contribution >= 4 is 11.8 Å². The standard InChI is InChI=1S/C16H17N3OS/c17-10-12-6-8-13(9-7-12)16-18-15(19-20-16)11-21-14-4-2-1-3-5-14/h6-9,14H,1-5,11H2. The quantitative estimate of drug-likeness (QED) is 0.847. The molecule has 0 bridgehead atoms. The van der Waals surface area contributed by atoms with E-state index in [-0.39, 0.29) is 0 Å². The third-order valence-corrected chi connectivity index (χ3v) is 5.10. The number of thioether (sulfide) groups is 1. The van der Waals surface area contributed by atoms with E-state index < -0.39 is 0 Å². The molecule has 1 saturated carbocycles. The number of nitrogens with zero attached hydrogens (tertiary/aromatic N) is 3. The normalized spacial score (nSPS) is 15.8. The van der Waals surface area contributed by atoms with E-state index in [1.54, 1.807) is 12.1 Å². The molecule has 4 nitrogen and oxygen atoms in total. The molecule has 108 valence electrons.